The van der Waals surface area contributed by atoms with E-state index in [0.717, 1.165) is 0 Å². The molecule has 20 heavy (non-hydrogen) atoms. The monoisotopic (exact) mass is 292 g/mol. The van der Waals surface area contributed by atoms with Gasteiger partial charge in [0.2, 0.25) is 5.91 Å². The molecule has 1 aromatic rings. The number of anilines is 1. The largest absolute Gasteiger partial charge is 0.357 e. The molecule has 1 fully saturated rings. The van der Waals surface area contributed by atoms with Gasteiger partial charge in [0.1, 0.15) is 17.9 Å². The summed E-state index contributed by atoms with van der Waals surface area (Å²) in [6.07, 6.45) is 1.44. The number of halogens is 1. The van der Waals surface area contributed by atoms with Crippen molar-refractivity contribution in [2.75, 3.05) is 5.32 Å². The van der Waals surface area contributed by atoms with Crippen molar-refractivity contribution in [3.05, 3.63) is 22.8 Å². The lowest BCUT2D eigenvalue weighted by molar-refractivity contribution is -0.140. The third-order valence-electron chi connectivity index (χ3n) is 2.98. The third-order valence-corrected chi connectivity index (χ3v) is 3.27. The number of rotatable bonds is 3. The number of amides is 2. The number of aromatic nitrogens is 1. The molecule has 6 nitrogen and oxygen atoms in total. The minimum Gasteiger partial charge on any atom is -0.357 e. The lowest BCUT2D eigenvalue weighted by Crippen LogP contribution is -2.39. The molecule has 2 amide bonds. The highest BCUT2D eigenvalue weighted by Gasteiger charge is 2.40. The molecule has 1 aromatic heterocycles. The van der Waals surface area contributed by atoms with E-state index in [9.17, 15) is 9.59 Å². The molecule has 0 saturated carbocycles. The van der Waals surface area contributed by atoms with Crippen molar-refractivity contribution >= 4 is 29.2 Å². The zero-order chi connectivity index (χ0) is 14.9. The minimum atomic E-state index is -0.664. The van der Waals surface area contributed by atoms with Crippen molar-refractivity contribution in [3.63, 3.8) is 0 Å². The SMILES string of the molecule is CC(C)N1C(=O)CC(Nc2ncc(C#N)cc2Cl)C1=O. The fourth-order valence-electron chi connectivity index (χ4n) is 2.08. The molecule has 2 heterocycles. The molecular formula is C13H13ClN4O2. The maximum absolute atomic E-state index is 12.1. The van der Waals surface area contributed by atoms with E-state index in [0.29, 0.717) is 11.4 Å². The van der Waals surface area contributed by atoms with Crippen LogP contribution in [-0.2, 0) is 9.59 Å². The average Bonchev–Trinajstić information content (AvgIpc) is 2.66. The summed E-state index contributed by atoms with van der Waals surface area (Å²) in [5, 5.41) is 11.8. The smallest absolute Gasteiger partial charge is 0.252 e. The number of hydrogen-bond acceptors (Lipinski definition) is 5. The average molecular weight is 293 g/mol. The predicted octanol–water partition coefficient (Wildman–Crippen LogP) is 1.55. The number of nitrogens with zero attached hydrogens (tertiary/aromatic N) is 3. The van der Waals surface area contributed by atoms with Gasteiger partial charge in [-0.1, -0.05) is 11.6 Å². The van der Waals surface area contributed by atoms with Crippen LogP contribution in [-0.4, -0.2) is 33.8 Å². The van der Waals surface area contributed by atoms with E-state index in [4.69, 9.17) is 16.9 Å². The summed E-state index contributed by atoms with van der Waals surface area (Å²) in [6.45, 7) is 3.57. The molecule has 0 aliphatic carbocycles. The van der Waals surface area contributed by atoms with Gasteiger partial charge in [0, 0.05) is 12.2 Å². The second-order valence-corrected chi connectivity index (χ2v) is 5.17. The maximum atomic E-state index is 12.1. The third kappa shape index (κ3) is 2.58. The van der Waals surface area contributed by atoms with E-state index in [-0.39, 0.29) is 29.3 Å². The van der Waals surface area contributed by atoms with E-state index in [1.165, 1.54) is 17.2 Å². The molecular weight excluding hydrogens is 280 g/mol. The number of hydrogen-bond donors (Lipinski definition) is 1. The van der Waals surface area contributed by atoms with Crippen LogP contribution in [0.1, 0.15) is 25.8 Å². The highest BCUT2D eigenvalue weighted by molar-refractivity contribution is 6.33. The van der Waals surface area contributed by atoms with E-state index < -0.39 is 6.04 Å². The van der Waals surface area contributed by atoms with Crippen molar-refractivity contribution in [1.29, 1.82) is 5.26 Å². The quantitative estimate of drug-likeness (QED) is 0.854. The second-order valence-electron chi connectivity index (χ2n) is 4.76. The Morgan fingerprint density at radius 1 is 1.55 bits per heavy atom. The molecule has 1 atom stereocenters. The molecule has 0 spiro atoms. The Morgan fingerprint density at radius 3 is 2.75 bits per heavy atom. The van der Waals surface area contributed by atoms with Gasteiger partial charge in [-0.3, -0.25) is 14.5 Å². The van der Waals surface area contributed by atoms with Gasteiger partial charge >= 0.3 is 0 Å². The van der Waals surface area contributed by atoms with Crippen molar-refractivity contribution in [2.45, 2.75) is 32.4 Å². The number of likely N-dealkylation sites (tertiary alicyclic amines) is 1. The predicted molar refractivity (Wildman–Crippen MR) is 73.0 cm³/mol. The van der Waals surface area contributed by atoms with Crippen LogP contribution < -0.4 is 5.32 Å². The topological polar surface area (TPSA) is 86.1 Å². The summed E-state index contributed by atoms with van der Waals surface area (Å²) in [5.41, 5.74) is 0.332. The first-order valence-electron chi connectivity index (χ1n) is 6.12. The fraction of sp³-hybridized carbons (Fsp3) is 0.385. The zero-order valence-electron chi connectivity index (χ0n) is 11.1. The molecule has 1 saturated heterocycles. The normalized spacial score (nSPS) is 18.6. The molecule has 2 rings (SSSR count). The van der Waals surface area contributed by atoms with Gasteiger partial charge in [0.05, 0.1) is 17.0 Å². The highest BCUT2D eigenvalue weighted by Crippen LogP contribution is 2.24. The number of pyridine rings is 1. The number of carbonyl (C=O) groups excluding carboxylic acids is 2. The maximum Gasteiger partial charge on any atom is 0.252 e. The van der Waals surface area contributed by atoms with E-state index in [2.05, 4.69) is 10.3 Å². The van der Waals surface area contributed by atoms with Gasteiger partial charge in [-0.05, 0) is 19.9 Å². The summed E-state index contributed by atoms with van der Waals surface area (Å²) in [6, 6.07) is 2.54. The van der Waals surface area contributed by atoms with Crippen LogP contribution in [0.15, 0.2) is 12.3 Å². The van der Waals surface area contributed by atoms with Gasteiger partial charge in [-0.15, -0.1) is 0 Å². The first-order chi connectivity index (χ1) is 9.43. The molecule has 1 aliphatic heterocycles. The first-order valence-corrected chi connectivity index (χ1v) is 6.50. The summed E-state index contributed by atoms with van der Waals surface area (Å²) >= 11 is 5.98. The number of nitrogens with one attached hydrogen (secondary N) is 1. The van der Waals surface area contributed by atoms with Crippen LogP contribution in [0, 0.1) is 11.3 Å². The van der Waals surface area contributed by atoms with Gasteiger partial charge in [-0.25, -0.2) is 4.98 Å². The Morgan fingerprint density at radius 2 is 2.25 bits per heavy atom. The van der Waals surface area contributed by atoms with E-state index in [1.54, 1.807) is 13.8 Å². The van der Waals surface area contributed by atoms with Crippen molar-refractivity contribution < 1.29 is 9.59 Å². The van der Waals surface area contributed by atoms with Crippen molar-refractivity contribution in [3.8, 4) is 6.07 Å². The standard InChI is InChI=1S/C13H13ClN4O2/c1-7(2)18-11(19)4-10(13(18)20)17-12-9(14)3-8(5-15)6-16-12/h3,6-7,10H,4H2,1-2H3,(H,16,17). The Hall–Kier alpha value is -2.13. The van der Waals surface area contributed by atoms with E-state index in [1.807, 2.05) is 6.07 Å². The molecule has 0 bridgehead atoms. The van der Waals surface area contributed by atoms with Crippen molar-refractivity contribution in [1.82, 2.24) is 9.88 Å². The van der Waals surface area contributed by atoms with Crippen LogP contribution in [0.4, 0.5) is 5.82 Å². The van der Waals surface area contributed by atoms with Crippen LogP contribution in [0.2, 0.25) is 5.02 Å². The molecule has 7 heteroatoms. The van der Waals surface area contributed by atoms with Gasteiger partial charge in [0.15, 0.2) is 0 Å². The van der Waals surface area contributed by atoms with Crippen LogP contribution >= 0.6 is 11.6 Å². The Bertz CT molecular complexity index is 609. The highest BCUT2D eigenvalue weighted by atomic mass is 35.5. The zero-order valence-corrected chi connectivity index (χ0v) is 11.8. The van der Waals surface area contributed by atoms with Crippen molar-refractivity contribution in [2.24, 2.45) is 0 Å². The van der Waals surface area contributed by atoms with Gasteiger partial charge in [0.25, 0.3) is 5.91 Å². The summed E-state index contributed by atoms with van der Waals surface area (Å²) in [7, 11) is 0. The number of nitriles is 1. The summed E-state index contributed by atoms with van der Waals surface area (Å²) < 4.78 is 0. The second kappa shape index (κ2) is 5.47. The molecule has 1 unspecified atom stereocenters. The minimum absolute atomic E-state index is 0.0784. The summed E-state index contributed by atoms with van der Waals surface area (Å²) in [5.74, 6) is -0.207. The van der Waals surface area contributed by atoms with Crippen LogP contribution in [0.3, 0.4) is 0 Å². The molecule has 1 N–H and O–H groups in total. The Labute approximate surface area is 121 Å². The number of carbonyl (C=O) groups is 2. The number of imide groups is 1. The summed E-state index contributed by atoms with van der Waals surface area (Å²) in [4.78, 5) is 29.1. The van der Waals surface area contributed by atoms with Gasteiger partial charge < -0.3 is 5.32 Å². The van der Waals surface area contributed by atoms with Crippen LogP contribution in [0.5, 0.6) is 0 Å². The first kappa shape index (κ1) is 14.3. The molecule has 0 aromatic carbocycles. The molecule has 0 radical (unpaired) electrons. The van der Waals surface area contributed by atoms with Gasteiger partial charge in [-0.2, -0.15) is 5.26 Å². The van der Waals surface area contributed by atoms with E-state index >= 15 is 0 Å². The Kier molecular flexibility index (Phi) is 3.91. The lowest BCUT2D eigenvalue weighted by atomic mass is 10.2. The fourth-order valence-corrected chi connectivity index (χ4v) is 2.30. The Balaban J connectivity index is 2.18. The lowest BCUT2D eigenvalue weighted by Gasteiger charge is -2.19. The molecule has 104 valence electrons. The molecule has 1 aliphatic rings. The van der Waals surface area contributed by atoms with Crippen LogP contribution in [0.25, 0.3) is 0 Å².